The average Bonchev–Trinajstić information content (AvgIpc) is 3.05. The first-order valence-electron chi connectivity index (χ1n) is 8.94. The Bertz CT molecular complexity index is 1400. The third-order valence-corrected chi connectivity index (χ3v) is 8.28. The van der Waals surface area contributed by atoms with Crippen LogP contribution in [0.3, 0.4) is 0 Å². The van der Waals surface area contributed by atoms with Crippen LogP contribution in [0.25, 0.3) is 10.2 Å². The van der Waals surface area contributed by atoms with Gasteiger partial charge in [-0.25, -0.2) is 13.4 Å². The molecule has 4 rings (SSSR count). The van der Waals surface area contributed by atoms with Gasteiger partial charge in [0.25, 0.3) is 10.0 Å². The Morgan fingerprint density at radius 3 is 2.32 bits per heavy atom. The Hall–Kier alpha value is -1.54. The molecular weight excluding hydrogens is 518 g/mol. The van der Waals surface area contributed by atoms with Crippen molar-refractivity contribution in [1.29, 1.82) is 0 Å². The summed E-state index contributed by atoms with van der Waals surface area (Å²) < 4.78 is 29.0. The number of rotatable bonds is 5. The number of thiazole rings is 1. The van der Waals surface area contributed by atoms with Gasteiger partial charge in [0.2, 0.25) is 0 Å². The summed E-state index contributed by atoms with van der Waals surface area (Å²) >= 11 is 26.4. The van der Waals surface area contributed by atoms with E-state index < -0.39 is 10.0 Å². The van der Waals surface area contributed by atoms with Crippen molar-refractivity contribution in [2.75, 3.05) is 4.72 Å². The van der Waals surface area contributed by atoms with Crippen molar-refractivity contribution in [3.05, 3.63) is 84.8 Å². The third kappa shape index (κ3) is 4.95. The molecule has 0 bridgehead atoms. The van der Waals surface area contributed by atoms with E-state index in [1.807, 2.05) is 19.1 Å². The number of aryl methyl sites for hydroxylation is 1. The van der Waals surface area contributed by atoms with Gasteiger partial charge in [0, 0.05) is 21.5 Å². The Morgan fingerprint density at radius 1 is 0.935 bits per heavy atom. The molecule has 10 heteroatoms. The number of nitrogens with one attached hydrogen (secondary N) is 1. The Balaban J connectivity index is 1.62. The fourth-order valence-corrected chi connectivity index (χ4v) is 6.55. The van der Waals surface area contributed by atoms with Crippen LogP contribution in [0.4, 0.5) is 5.69 Å². The fourth-order valence-electron chi connectivity index (χ4n) is 3.04. The molecule has 1 heterocycles. The lowest BCUT2D eigenvalue weighted by Gasteiger charge is -2.13. The third-order valence-electron chi connectivity index (χ3n) is 4.49. The van der Waals surface area contributed by atoms with Gasteiger partial charge in [-0.2, -0.15) is 0 Å². The van der Waals surface area contributed by atoms with E-state index in [2.05, 4.69) is 15.8 Å². The van der Waals surface area contributed by atoms with E-state index in [-0.39, 0.29) is 15.6 Å². The molecule has 31 heavy (non-hydrogen) atoms. The molecule has 0 radical (unpaired) electrons. The maximum absolute atomic E-state index is 12.7. The number of fused-ring (bicyclic) bond motifs is 1. The molecule has 0 saturated heterocycles. The summed E-state index contributed by atoms with van der Waals surface area (Å²) in [4.78, 5) is 4.54. The molecule has 0 spiro atoms. The molecule has 4 nitrogen and oxygen atoms in total. The van der Waals surface area contributed by atoms with Crippen LogP contribution in [-0.4, -0.2) is 13.4 Å². The molecule has 4 aromatic rings. The highest BCUT2D eigenvalue weighted by Gasteiger charge is 2.20. The lowest BCUT2D eigenvalue weighted by Crippen LogP contribution is -2.13. The molecular formula is C21H14Cl4N2O2S2. The number of anilines is 1. The summed E-state index contributed by atoms with van der Waals surface area (Å²) in [5.74, 6) is 0. The van der Waals surface area contributed by atoms with Crippen molar-refractivity contribution in [2.45, 2.75) is 18.2 Å². The van der Waals surface area contributed by atoms with Crippen molar-refractivity contribution >= 4 is 83.7 Å². The van der Waals surface area contributed by atoms with Crippen LogP contribution in [0.2, 0.25) is 20.1 Å². The Kier molecular flexibility index (Phi) is 6.41. The molecule has 1 aromatic heterocycles. The highest BCUT2D eigenvalue weighted by atomic mass is 35.5. The van der Waals surface area contributed by atoms with E-state index in [1.54, 1.807) is 11.3 Å². The number of benzene rings is 3. The number of hydrogen-bond donors (Lipinski definition) is 1. The zero-order chi connectivity index (χ0) is 22.3. The summed E-state index contributed by atoms with van der Waals surface area (Å²) in [6.45, 7) is 2.03. The smallest absolute Gasteiger partial charge is 0.263 e. The minimum absolute atomic E-state index is 0.0138. The minimum atomic E-state index is -3.96. The van der Waals surface area contributed by atoms with Gasteiger partial charge < -0.3 is 0 Å². The second-order valence-electron chi connectivity index (χ2n) is 6.85. The maximum Gasteiger partial charge on any atom is 0.263 e. The van der Waals surface area contributed by atoms with E-state index in [4.69, 9.17) is 46.4 Å². The molecule has 0 aliphatic heterocycles. The normalized spacial score (nSPS) is 11.8. The Labute approximate surface area is 203 Å². The number of hydrogen-bond acceptors (Lipinski definition) is 4. The quantitative estimate of drug-likeness (QED) is 0.288. The van der Waals surface area contributed by atoms with Crippen LogP contribution in [0.15, 0.2) is 53.4 Å². The first-order chi connectivity index (χ1) is 14.6. The van der Waals surface area contributed by atoms with Crippen molar-refractivity contribution in [1.82, 2.24) is 4.98 Å². The fraction of sp³-hybridized carbons (Fsp3) is 0.0952. The summed E-state index contributed by atoms with van der Waals surface area (Å²) in [5, 5.41) is 1.89. The van der Waals surface area contributed by atoms with Crippen LogP contribution in [0, 0.1) is 6.92 Å². The van der Waals surface area contributed by atoms with Crippen molar-refractivity contribution in [3.8, 4) is 0 Å². The number of nitrogens with zero attached hydrogens (tertiary/aromatic N) is 1. The predicted octanol–water partition coefficient (Wildman–Crippen LogP) is 7.61. The number of halogens is 4. The highest BCUT2D eigenvalue weighted by molar-refractivity contribution is 7.92. The molecule has 0 amide bonds. The molecule has 0 unspecified atom stereocenters. The predicted molar refractivity (Wildman–Crippen MR) is 131 cm³/mol. The molecule has 1 N–H and O–H groups in total. The van der Waals surface area contributed by atoms with Gasteiger partial charge >= 0.3 is 0 Å². The van der Waals surface area contributed by atoms with Crippen LogP contribution >= 0.6 is 57.7 Å². The first-order valence-corrected chi connectivity index (χ1v) is 12.8. The first kappa shape index (κ1) is 22.6. The van der Waals surface area contributed by atoms with Gasteiger partial charge in [0.1, 0.15) is 4.90 Å². The monoisotopic (exact) mass is 530 g/mol. The van der Waals surface area contributed by atoms with Crippen LogP contribution in [0.5, 0.6) is 0 Å². The van der Waals surface area contributed by atoms with Gasteiger partial charge in [-0.1, -0.05) is 52.5 Å². The average molecular weight is 532 g/mol. The largest absolute Gasteiger partial charge is 0.279 e. The summed E-state index contributed by atoms with van der Waals surface area (Å²) in [5.41, 5.74) is 2.98. The minimum Gasteiger partial charge on any atom is -0.279 e. The van der Waals surface area contributed by atoms with Gasteiger partial charge in [-0.05, 0) is 60.5 Å². The molecule has 0 atom stereocenters. The van der Waals surface area contributed by atoms with Crippen LogP contribution in [-0.2, 0) is 16.4 Å². The standard InChI is InChI=1S/C21H14Cl4N2O2S2/c1-11-2-4-18-19(6-11)30-21(26-18)10-14-15(23)8-13(9-16(14)24)27-31(28,29)20-5-3-12(22)7-17(20)25/h2-9,27H,10H2,1H3. The molecule has 0 aliphatic carbocycles. The van der Waals surface area contributed by atoms with Crippen LogP contribution in [0.1, 0.15) is 16.1 Å². The second-order valence-corrected chi connectivity index (χ2v) is 11.3. The molecule has 0 fully saturated rings. The molecule has 0 aliphatic rings. The maximum atomic E-state index is 12.7. The topological polar surface area (TPSA) is 59.1 Å². The molecule has 3 aromatic carbocycles. The van der Waals surface area contributed by atoms with Crippen LogP contribution < -0.4 is 4.72 Å². The van der Waals surface area contributed by atoms with Gasteiger partial charge in [-0.3, -0.25) is 4.72 Å². The lowest BCUT2D eigenvalue weighted by atomic mass is 10.1. The molecule has 0 saturated carbocycles. The SMILES string of the molecule is Cc1ccc2nc(Cc3c(Cl)cc(NS(=O)(=O)c4ccc(Cl)cc4Cl)cc3Cl)sc2c1. The van der Waals surface area contributed by atoms with E-state index >= 15 is 0 Å². The summed E-state index contributed by atoms with van der Waals surface area (Å²) in [6, 6.07) is 13.3. The zero-order valence-corrected chi connectivity index (χ0v) is 20.6. The van der Waals surface area contributed by atoms with Crippen molar-refractivity contribution in [3.63, 3.8) is 0 Å². The molecule has 160 valence electrons. The highest BCUT2D eigenvalue weighted by Crippen LogP contribution is 2.34. The van der Waals surface area contributed by atoms with E-state index in [1.165, 1.54) is 30.3 Å². The number of sulfonamides is 1. The van der Waals surface area contributed by atoms with Gasteiger partial charge in [0.05, 0.1) is 25.9 Å². The number of aromatic nitrogens is 1. The Morgan fingerprint density at radius 2 is 1.65 bits per heavy atom. The van der Waals surface area contributed by atoms with Gasteiger partial charge in [-0.15, -0.1) is 11.3 Å². The van der Waals surface area contributed by atoms with E-state index in [9.17, 15) is 8.42 Å². The zero-order valence-electron chi connectivity index (χ0n) is 15.9. The van der Waals surface area contributed by atoms with Gasteiger partial charge in [0.15, 0.2) is 0 Å². The van der Waals surface area contributed by atoms with Crippen molar-refractivity contribution < 1.29 is 8.42 Å². The van der Waals surface area contributed by atoms with Crippen molar-refractivity contribution in [2.24, 2.45) is 0 Å². The second kappa shape index (κ2) is 8.77. The summed E-state index contributed by atoms with van der Waals surface area (Å²) in [6.07, 6.45) is 0.437. The van der Waals surface area contributed by atoms with E-state index in [0.717, 1.165) is 20.8 Å². The van der Waals surface area contributed by atoms with E-state index in [0.29, 0.717) is 27.1 Å². The lowest BCUT2D eigenvalue weighted by molar-refractivity contribution is 0.601. The summed E-state index contributed by atoms with van der Waals surface area (Å²) in [7, 11) is -3.96.